The summed E-state index contributed by atoms with van der Waals surface area (Å²) in [6, 6.07) is 10.7. The van der Waals surface area contributed by atoms with Crippen LogP contribution in [0.25, 0.3) is 10.8 Å². The number of phenols is 1. The maximum absolute atomic E-state index is 11.1. The lowest BCUT2D eigenvalue weighted by Gasteiger charge is -2.21. The van der Waals surface area contributed by atoms with E-state index in [1.54, 1.807) is 12.1 Å². The van der Waals surface area contributed by atoms with Gasteiger partial charge in [0.2, 0.25) is 0 Å². The van der Waals surface area contributed by atoms with Crippen molar-refractivity contribution >= 4 is 29.4 Å². The minimum atomic E-state index is -0.694. The number of aliphatic hydroxyl groups is 1. The first kappa shape index (κ1) is 16.6. The SMILES string of the molecule is C[C@@H](CCOC(=O)CS)[C@@H](O)c1ccc(O)c2ccccc12. The van der Waals surface area contributed by atoms with Gasteiger partial charge < -0.3 is 14.9 Å². The number of ether oxygens (including phenoxy) is 1. The van der Waals surface area contributed by atoms with Crippen LogP contribution < -0.4 is 0 Å². The third kappa shape index (κ3) is 3.72. The summed E-state index contributed by atoms with van der Waals surface area (Å²) in [6.45, 7) is 2.16. The second-order valence-electron chi connectivity index (χ2n) is 5.31. The first-order chi connectivity index (χ1) is 10.5. The molecule has 0 aliphatic rings. The smallest absolute Gasteiger partial charge is 0.315 e. The van der Waals surface area contributed by atoms with Gasteiger partial charge in [0.15, 0.2) is 0 Å². The van der Waals surface area contributed by atoms with Crippen LogP contribution in [0.2, 0.25) is 0 Å². The van der Waals surface area contributed by atoms with E-state index in [2.05, 4.69) is 12.6 Å². The summed E-state index contributed by atoms with van der Waals surface area (Å²) in [5.74, 6) is -0.192. The van der Waals surface area contributed by atoms with Crippen LogP contribution in [0.4, 0.5) is 0 Å². The highest BCUT2D eigenvalue weighted by molar-refractivity contribution is 7.81. The minimum Gasteiger partial charge on any atom is -0.507 e. The molecule has 2 aromatic carbocycles. The molecule has 0 radical (unpaired) electrons. The van der Waals surface area contributed by atoms with Crippen LogP contribution >= 0.6 is 12.6 Å². The monoisotopic (exact) mass is 320 g/mol. The second-order valence-corrected chi connectivity index (χ2v) is 5.63. The summed E-state index contributed by atoms with van der Waals surface area (Å²) in [5, 5.41) is 22.0. The van der Waals surface area contributed by atoms with Crippen molar-refractivity contribution in [1.82, 2.24) is 0 Å². The molecule has 2 aromatic rings. The van der Waals surface area contributed by atoms with Crippen LogP contribution in [-0.2, 0) is 9.53 Å². The Labute approximate surface area is 135 Å². The highest BCUT2D eigenvalue weighted by Gasteiger charge is 2.19. The van der Waals surface area contributed by atoms with Gasteiger partial charge >= 0.3 is 5.97 Å². The number of thiol groups is 1. The molecule has 0 bridgehead atoms. The van der Waals surface area contributed by atoms with Gasteiger partial charge in [-0.1, -0.05) is 37.3 Å². The lowest BCUT2D eigenvalue weighted by atomic mass is 9.91. The zero-order valence-corrected chi connectivity index (χ0v) is 13.3. The van der Waals surface area contributed by atoms with Gasteiger partial charge in [-0.2, -0.15) is 12.6 Å². The van der Waals surface area contributed by atoms with E-state index in [4.69, 9.17) is 4.74 Å². The van der Waals surface area contributed by atoms with Gasteiger partial charge in [-0.3, -0.25) is 4.79 Å². The van der Waals surface area contributed by atoms with Crippen molar-refractivity contribution in [2.75, 3.05) is 12.4 Å². The Bertz CT molecular complexity index is 656. The average Bonchev–Trinajstić information content (AvgIpc) is 2.54. The first-order valence-corrected chi connectivity index (χ1v) is 7.83. The number of carbonyl (C=O) groups is 1. The number of benzene rings is 2. The quantitative estimate of drug-likeness (QED) is 0.565. The molecule has 0 fully saturated rings. The van der Waals surface area contributed by atoms with Crippen molar-refractivity contribution in [3.05, 3.63) is 42.0 Å². The van der Waals surface area contributed by atoms with E-state index in [0.29, 0.717) is 11.8 Å². The lowest BCUT2D eigenvalue weighted by molar-refractivity contribution is -0.141. The lowest BCUT2D eigenvalue weighted by Crippen LogP contribution is -2.14. The van der Waals surface area contributed by atoms with Crippen LogP contribution in [0.1, 0.15) is 25.0 Å². The molecule has 0 spiro atoms. The summed E-state index contributed by atoms with van der Waals surface area (Å²) in [7, 11) is 0. The number of aliphatic hydroxyl groups excluding tert-OH is 1. The van der Waals surface area contributed by atoms with Crippen molar-refractivity contribution in [2.24, 2.45) is 5.92 Å². The molecule has 0 unspecified atom stereocenters. The number of phenolic OH excluding ortho intramolecular Hbond substituents is 1. The van der Waals surface area contributed by atoms with Gasteiger partial charge in [0.05, 0.1) is 18.5 Å². The summed E-state index contributed by atoms with van der Waals surface area (Å²) < 4.78 is 4.99. The molecule has 0 heterocycles. The van der Waals surface area contributed by atoms with Crippen LogP contribution in [0, 0.1) is 5.92 Å². The van der Waals surface area contributed by atoms with Crippen LogP contribution in [0.15, 0.2) is 36.4 Å². The van der Waals surface area contributed by atoms with Gasteiger partial charge in [0, 0.05) is 5.39 Å². The number of hydrogen-bond donors (Lipinski definition) is 3. The summed E-state index contributed by atoms with van der Waals surface area (Å²) in [4.78, 5) is 11.1. The number of aromatic hydroxyl groups is 1. The predicted molar refractivity (Wildman–Crippen MR) is 89.2 cm³/mol. The molecule has 0 aliphatic heterocycles. The van der Waals surface area contributed by atoms with Crippen LogP contribution in [-0.4, -0.2) is 28.5 Å². The highest BCUT2D eigenvalue weighted by Crippen LogP contribution is 2.34. The topological polar surface area (TPSA) is 66.8 Å². The van der Waals surface area contributed by atoms with E-state index in [9.17, 15) is 15.0 Å². The third-order valence-corrected chi connectivity index (χ3v) is 4.02. The van der Waals surface area contributed by atoms with Crippen molar-refractivity contribution < 1.29 is 19.7 Å². The fourth-order valence-electron chi connectivity index (χ4n) is 2.43. The fourth-order valence-corrected chi connectivity index (χ4v) is 2.52. The number of fused-ring (bicyclic) bond motifs is 1. The Kier molecular flexibility index (Phi) is 5.69. The van der Waals surface area contributed by atoms with E-state index in [-0.39, 0.29) is 30.0 Å². The molecule has 2 rings (SSSR count). The number of rotatable bonds is 6. The van der Waals surface area contributed by atoms with Crippen molar-refractivity contribution in [3.63, 3.8) is 0 Å². The van der Waals surface area contributed by atoms with Crippen molar-refractivity contribution in [3.8, 4) is 5.75 Å². The fraction of sp³-hybridized carbons (Fsp3) is 0.353. The zero-order chi connectivity index (χ0) is 16.1. The van der Waals surface area contributed by atoms with Crippen LogP contribution in [0.3, 0.4) is 0 Å². The molecule has 0 saturated heterocycles. The molecule has 2 N–H and O–H groups in total. The molecule has 118 valence electrons. The molecule has 0 aliphatic carbocycles. The Morgan fingerprint density at radius 3 is 2.59 bits per heavy atom. The molecule has 22 heavy (non-hydrogen) atoms. The maximum Gasteiger partial charge on any atom is 0.315 e. The predicted octanol–water partition coefficient (Wildman–Crippen LogP) is 3.08. The van der Waals surface area contributed by atoms with Gasteiger partial charge in [-0.05, 0) is 29.4 Å². The van der Waals surface area contributed by atoms with Gasteiger partial charge in [0.25, 0.3) is 0 Å². The number of hydrogen-bond acceptors (Lipinski definition) is 5. The van der Waals surface area contributed by atoms with E-state index in [1.807, 2.05) is 31.2 Å². The van der Waals surface area contributed by atoms with Crippen LogP contribution in [0.5, 0.6) is 5.75 Å². The number of carbonyl (C=O) groups excluding carboxylic acids is 1. The molecule has 5 heteroatoms. The van der Waals surface area contributed by atoms with Crippen molar-refractivity contribution in [2.45, 2.75) is 19.4 Å². The van der Waals surface area contributed by atoms with E-state index in [1.165, 1.54) is 0 Å². The van der Waals surface area contributed by atoms with Gasteiger partial charge in [0.1, 0.15) is 5.75 Å². The molecule has 4 nitrogen and oxygen atoms in total. The Hall–Kier alpha value is -1.72. The maximum atomic E-state index is 11.1. The average molecular weight is 320 g/mol. The summed E-state index contributed by atoms with van der Waals surface area (Å²) in [6.07, 6.45) is -0.143. The standard InChI is InChI=1S/C17H20O4S/c1-11(8-9-21-16(19)10-22)17(20)14-6-7-15(18)13-5-3-2-4-12(13)14/h2-7,11,17-18,20,22H,8-10H2,1H3/t11-,17+/m0/s1. The molecular formula is C17H20O4S. The molecule has 0 amide bonds. The third-order valence-electron chi connectivity index (χ3n) is 3.76. The number of esters is 1. The largest absolute Gasteiger partial charge is 0.507 e. The second kappa shape index (κ2) is 7.51. The molecular weight excluding hydrogens is 300 g/mol. The van der Waals surface area contributed by atoms with Gasteiger partial charge in [-0.15, -0.1) is 0 Å². The molecule has 2 atom stereocenters. The minimum absolute atomic E-state index is 0.0551. The first-order valence-electron chi connectivity index (χ1n) is 7.19. The van der Waals surface area contributed by atoms with Gasteiger partial charge in [-0.25, -0.2) is 0 Å². The van der Waals surface area contributed by atoms with Crippen molar-refractivity contribution in [1.29, 1.82) is 0 Å². The molecule has 0 aromatic heterocycles. The molecule has 0 saturated carbocycles. The van der Waals surface area contributed by atoms with E-state index >= 15 is 0 Å². The van der Waals surface area contributed by atoms with E-state index < -0.39 is 6.10 Å². The zero-order valence-electron chi connectivity index (χ0n) is 12.4. The Morgan fingerprint density at radius 1 is 1.23 bits per heavy atom. The highest BCUT2D eigenvalue weighted by atomic mass is 32.1. The Balaban J connectivity index is 2.14. The summed E-state index contributed by atoms with van der Waals surface area (Å²) >= 11 is 3.84. The normalized spacial score (nSPS) is 13.8. The van der Waals surface area contributed by atoms with E-state index in [0.717, 1.165) is 10.9 Å². The Morgan fingerprint density at radius 2 is 1.91 bits per heavy atom. The summed E-state index contributed by atoms with van der Waals surface area (Å²) in [5.41, 5.74) is 0.765.